The van der Waals surface area contributed by atoms with E-state index in [1.807, 2.05) is 0 Å². The van der Waals surface area contributed by atoms with E-state index in [-0.39, 0.29) is 5.84 Å². The molecule has 3 N–H and O–H groups in total. The maximum Gasteiger partial charge on any atom is 0.126 e. The molecule has 1 fully saturated rings. The molecule has 0 unspecified atom stereocenters. The fraction of sp³-hybridized carbons (Fsp3) is 0.562. The average Bonchev–Trinajstić information content (AvgIpc) is 2.48. The summed E-state index contributed by atoms with van der Waals surface area (Å²) in [6.45, 7) is 4.84. The summed E-state index contributed by atoms with van der Waals surface area (Å²) in [5.74, 6) is 1.79. The first-order chi connectivity index (χ1) is 10.1. The Hall–Kier alpha value is -1.20. The van der Waals surface area contributed by atoms with Crippen LogP contribution in [-0.2, 0) is 4.74 Å². The molecule has 2 rings (SSSR count). The lowest BCUT2D eigenvalue weighted by molar-refractivity contribution is 0.0685. The largest absolute Gasteiger partial charge is 0.384 e. The van der Waals surface area contributed by atoms with Crippen LogP contribution in [0.15, 0.2) is 23.1 Å². The number of nitrogens with two attached hydrogens (primary N) is 1. The topological polar surface area (TPSA) is 62.3 Å². The third kappa shape index (κ3) is 4.14. The van der Waals surface area contributed by atoms with Crippen molar-refractivity contribution in [1.82, 2.24) is 0 Å². The minimum atomic E-state index is 0.153. The molecule has 1 aliphatic heterocycles. The SMILES string of the molecule is CCSc1cccc(N(C)CC2CCOCC2)c1C(=N)N. The van der Waals surface area contributed by atoms with Gasteiger partial charge in [0.25, 0.3) is 0 Å². The molecule has 5 heteroatoms. The van der Waals surface area contributed by atoms with Crippen molar-refractivity contribution in [2.45, 2.75) is 24.7 Å². The maximum atomic E-state index is 7.93. The van der Waals surface area contributed by atoms with E-state index in [1.54, 1.807) is 11.8 Å². The number of benzene rings is 1. The van der Waals surface area contributed by atoms with Gasteiger partial charge in [-0.15, -0.1) is 11.8 Å². The zero-order chi connectivity index (χ0) is 15.2. The number of rotatable bonds is 6. The van der Waals surface area contributed by atoms with Crippen molar-refractivity contribution in [2.75, 3.05) is 37.5 Å². The smallest absolute Gasteiger partial charge is 0.126 e. The first-order valence-electron chi connectivity index (χ1n) is 7.52. The van der Waals surface area contributed by atoms with Gasteiger partial charge in [0.1, 0.15) is 5.84 Å². The second-order valence-electron chi connectivity index (χ2n) is 5.43. The third-order valence-electron chi connectivity index (χ3n) is 3.86. The Morgan fingerprint density at radius 3 is 2.76 bits per heavy atom. The third-order valence-corrected chi connectivity index (χ3v) is 4.80. The Bertz CT molecular complexity index is 486. The van der Waals surface area contributed by atoms with E-state index in [1.165, 1.54) is 0 Å². The Kier molecular flexibility index (Phi) is 5.94. The van der Waals surface area contributed by atoms with Gasteiger partial charge in [-0.1, -0.05) is 13.0 Å². The highest BCUT2D eigenvalue weighted by atomic mass is 32.2. The first-order valence-corrected chi connectivity index (χ1v) is 8.51. The normalized spacial score (nSPS) is 15.9. The van der Waals surface area contributed by atoms with Crippen LogP contribution in [0.25, 0.3) is 0 Å². The molecule has 21 heavy (non-hydrogen) atoms. The highest BCUT2D eigenvalue weighted by Crippen LogP contribution is 2.31. The highest BCUT2D eigenvalue weighted by Gasteiger charge is 2.19. The lowest BCUT2D eigenvalue weighted by Gasteiger charge is -2.30. The molecule has 0 radical (unpaired) electrons. The molecule has 1 aromatic rings. The molecule has 0 aliphatic carbocycles. The summed E-state index contributed by atoms with van der Waals surface area (Å²) < 4.78 is 5.42. The van der Waals surface area contributed by atoms with Gasteiger partial charge in [-0.3, -0.25) is 5.41 Å². The Balaban J connectivity index is 2.20. The minimum Gasteiger partial charge on any atom is -0.384 e. The molecule has 1 heterocycles. The second-order valence-corrected chi connectivity index (χ2v) is 6.74. The lowest BCUT2D eigenvalue weighted by atomic mass is 9.99. The van der Waals surface area contributed by atoms with E-state index in [0.29, 0.717) is 5.92 Å². The molecular formula is C16H25N3OS. The van der Waals surface area contributed by atoms with Crippen molar-refractivity contribution < 1.29 is 4.74 Å². The van der Waals surface area contributed by atoms with E-state index in [4.69, 9.17) is 15.9 Å². The number of anilines is 1. The summed E-state index contributed by atoms with van der Waals surface area (Å²) in [7, 11) is 2.09. The number of thioether (sulfide) groups is 1. The van der Waals surface area contributed by atoms with E-state index in [2.05, 4.69) is 37.1 Å². The Morgan fingerprint density at radius 2 is 2.14 bits per heavy atom. The van der Waals surface area contributed by atoms with Gasteiger partial charge in [-0.2, -0.15) is 0 Å². The number of nitrogens with zero attached hydrogens (tertiary/aromatic N) is 1. The maximum absolute atomic E-state index is 7.93. The molecule has 1 aromatic carbocycles. The van der Waals surface area contributed by atoms with Crippen LogP contribution in [0.4, 0.5) is 5.69 Å². The van der Waals surface area contributed by atoms with Gasteiger partial charge >= 0.3 is 0 Å². The predicted octanol–water partition coefficient (Wildman–Crippen LogP) is 2.95. The van der Waals surface area contributed by atoms with Crippen LogP contribution in [0.1, 0.15) is 25.3 Å². The lowest BCUT2D eigenvalue weighted by Crippen LogP contribution is -2.31. The van der Waals surface area contributed by atoms with Gasteiger partial charge < -0.3 is 15.4 Å². The monoisotopic (exact) mass is 307 g/mol. The number of ether oxygens (including phenoxy) is 1. The van der Waals surface area contributed by atoms with Crippen molar-refractivity contribution >= 4 is 23.3 Å². The van der Waals surface area contributed by atoms with Crippen LogP contribution < -0.4 is 10.6 Å². The van der Waals surface area contributed by atoms with E-state index < -0.39 is 0 Å². The molecule has 1 saturated heterocycles. The van der Waals surface area contributed by atoms with Crippen LogP contribution in [0.3, 0.4) is 0 Å². The van der Waals surface area contributed by atoms with Crippen LogP contribution in [0.5, 0.6) is 0 Å². The zero-order valence-electron chi connectivity index (χ0n) is 12.9. The average molecular weight is 307 g/mol. The molecule has 4 nitrogen and oxygen atoms in total. The molecule has 116 valence electrons. The second kappa shape index (κ2) is 7.71. The first kappa shape index (κ1) is 16.2. The molecule has 0 atom stereocenters. The fourth-order valence-corrected chi connectivity index (χ4v) is 3.64. The van der Waals surface area contributed by atoms with Gasteiger partial charge in [0.2, 0.25) is 0 Å². The number of nitrogens with one attached hydrogen (secondary N) is 1. The van der Waals surface area contributed by atoms with Gasteiger partial charge in [0.15, 0.2) is 0 Å². The summed E-state index contributed by atoms with van der Waals surface area (Å²) >= 11 is 1.74. The van der Waals surface area contributed by atoms with Crippen molar-refractivity contribution in [3.05, 3.63) is 23.8 Å². The molecular weight excluding hydrogens is 282 g/mol. The quantitative estimate of drug-likeness (QED) is 0.482. The molecule has 0 aromatic heterocycles. The Morgan fingerprint density at radius 1 is 1.43 bits per heavy atom. The van der Waals surface area contributed by atoms with Crippen molar-refractivity contribution in [1.29, 1.82) is 5.41 Å². The standard InChI is InChI=1S/C16H25N3OS/c1-3-21-14-6-4-5-13(15(14)16(17)18)19(2)11-12-7-9-20-10-8-12/h4-6,12H,3,7-11H2,1-2H3,(H3,17,18). The van der Waals surface area contributed by atoms with Crippen LogP contribution >= 0.6 is 11.8 Å². The van der Waals surface area contributed by atoms with Crippen LogP contribution in [0.2, 0.25) is 0 Å². The summed E-state index contributed by atoms with van der Waals surface area (Å²) in [4.78, 5) is 3.34. The van der Waals surface area contributed by atoms with Crippen molar-refractivity contribution in [3.8, 4) is 0 Å². The summed E-state index contributed by atoms with van der Waals surface area (Å²) in [5, 5.41) is 7.93. The summed E-state index contributed by atoms with van der Waals surface area (Å²) in [5.41, 5.74) is 7.78. The van der Waals surface area contributed by atoms with E-state index >= 15 is 0 Å². The van der Waals surface area contributed by atoms with Crippen LogP contribution in [0, 0.1) is 11.3 Å². The van der Waals surface area contributed by atoms with Crippen molar-refractivity contribution in [2.24, 2.45) is 11.7 Å². The number of hydrogen-bond donors (Lipinski definition) is 2. The molecule has 0 amide bonds. The fourth-order valence-electron chi connectivity index (χ4n) is 2.80. The number of nitrogen functional groups attached to an aromatic ring is 1. The number of hydrogen-bond acceptors (Lipinski definition) is 4. The molecule has 0 spiro atoms. The van der Waals surface area contributed by atoms with Gasteiger partial charge in [-0.25, -0.2) is 0 Å². The van der Waals surface area contributed by atoms with Crippen molar-refractivity contribution in [3.63, 3.8) is 0 Å². The summed E-state index contributed by atoms with van der Waals surface area (Å²) in [6, 6.07) is 6.17. The van der Waals surface area contributed by atoms with E-state index in [9.17, 15) is 0 Å². The summed E-state index contributed by atoms with van der Waals surface area (Å²) in [6.07, 6.45) is 2.23. The highest BCUT2D eigenvalue weighted by molar-refractivity contribution is 7.99. The molecule has 0 bridgehead atoms. The van der Waals surface area contributed by atoms with Gasteiger partial charge in [0, 0.05) is 37.4 Å². The predicted molar refractivity (Wildman–Crippen MR) is 90.7 cm³/mol. The van der Waals surface area contributed by atoms with Gasteiger partial charge in [0.05, 0.1) is 5.56 Å². The Labute approximate surface area is 131 Å². The molecule has 0 saturated carbocycles. The van der Waals surface area contributed by atoms with E-state index in [0.717, 1.165) is 54.5 Å². The zero-order valence-corrected chi connectivity index (χ0v) is 13.7. The van der Waals surface area contributed by atoms with Crippen LogP contribution in [-0.4, -0.2) is 38.4 Å². The molecule has 1 aliphatic rings. The minimum absolute atomic E-state index is 0.153. The van der Waals surface area contributed by atoms with Gasteiger partial charge in [-0.05, 0) is 36.6 Å². The number of amidine groups is 1.